The molecule has 1 heterocycles. The van der Waals surface area contributed by atoms with Crippen LogP contribution in [0.25, 0.3) is 0 Å². The van der Waals surface area contributed by atoms with Crippen molar-refractivity contribution in [2.45, 2.75) is 26.4 Å². The average molecular weight is 294 g/mol. The molecule has 0 radical (unpaired) electrons. The van der Waals surface area contributed by atoms with Crippen LogP contribution in [0.5, 0.6) is 0 Å². The lowest BCUT2D eigenvalue weighted by atomic mass is 10.2. The van der Waals surface area contributed by atoms with Gasteiger partial charge in [-0.15, -0.1) is 0 Å². The van der Waals surface area contributed by atoms with Crippen LogP contribution in [-0.2, 0) is 4.74 Å². The molecule has 0 spiro atoms. The Kier molecular flexibility index (Phi) is 4.80. The number of aromatic nitrogens is 1. The van der Waals surface area contributed by atoms with Crippen molar-refractivity contribution in [3.63, 3.8) is 0 Å². The fourth-order valence-electron chi connectivity index (χ4n) is 1.67. The second-order valence-electron chi connectivity index (χ2n) is 5.67. The van der Waals surface area contributed by atoms with Gasteiger partial charge in [0.25, 0.3) is 0 Å². The summed E-state index contributed by atoms with van der Waals surface area (Å²) in [5.74, 6) is 5.99. The summed E-state index contributed by atoms with van der Waals surface area (Å²) < 4.78 is 5.21. The minimum atomic E-state index is -0.527. The van der Waals surface area contributed by atoms with Crippen LogP contribution in [0, 0.1) is 11.8 Å². The van der Waals surface area contributed by atoms with Crippen molar-refractivity contribution in [1.29, 1.82) is 0 Å². The van der Waals surface area contributed by atoms with E-state index in [4.69, 9.17) is 4.74 Å². The Morgan fingerprint density at radius 2 is 1.95 bits per heavy atom. The number of nitrogens with one attached hydrogen (secondary N) is 1. The summed E-state index contributed by atoms with van der Waals surface area (Å²) in [6.45, 7) is 5.46. The number of carbonyl (C=O) groups excluding carboxylic acids is 1. The molecule has 0 saturated carbocycles. The molecule has 1 N–H and O–H groups in total. The number of pyridine rings is 1. The van der Waals surface area contributed by atoms with Gasteiger partial charge in [-0.1, -0.05) is 18.1 Å². The van der Waals surface area contributed by atoms with Gasteiger partial charge in [0.05, 0.1) is 0 Å². The number of rotatable bonds is 1. The largest absolute Gasteiger partial charge is 0.444 e. The standard InChI is InChI=1S/C18H18N2O2/c1-18(2,3)22-17(21)20-16-9-6-7-14(13-16)10-11-15-8-4-5-12-19-15/h4-9,12-13H,1-3H3,(H,20,21). The first kappa shape index (κ1) is 15.6. The van der Waals surface area contributed by atoms with Crippen molar-refractivity contribution in [3.05, 3.63) is 59.9 Å². The molecule has 112 valence electrons. The molecule has 0 aliphatic heterocycles. The van der Waals surface area contributed by atoms with Gasteiger partial charge in [-0.05, 0) is 57.0 Å². The summed E-state index contributed by atoms with van der Waals surface area (Å²) in [6.07, 6.45) is 1.21. The molecule has 0 saturated heterocycles. The summed E-state index contributed by atoms with van der Waals surface area (Å²) in [7, 11) is 0. The van der Waals surface area contributed by atoms with Gasteiger partial charge >= 0.3 is 6.09 Å². The van der Waals surface area contributed by atoms with Gasteiger partial charge in [0.1, 0.15) is 11.3 Å². The Bertz CT molecular complexity index is 707. The van der Waals surface area contributed by atoms with Gasteiger partial charge < -0.3 is 4.74 Å². The molecule has 0 fully saturated rings. The van der Waals surface area contributed by atoms with Crippen molar-refractivity contribution < 1.29 is 9.53 Å². The van der Waals surface area contributed by atoms with E-state index in [9.17, 15) is 4.79 Å². The van der Waals surface area contributed by atoms with Gasteiger partial charge in [0.2, 0.25) is 0 Å². The second-order valence-corrected chi connectivity index (χ2v) is 5.67. The summed E-state index contributed by atoms with van der Waals surface area (Å²) in [6, 6.07) is 12.9. The maximum atomic E-state index is 11.7. The number of hydrogen-bond acceptors (Lipinski definition) is 3. The monoisotopic (exact) mass is 294 g/mol. The Hall–Kier alpha value is -2.80. The Labute approximate surface area is 130 Å². The molecule has 1 amide bonds. The van der Waals surface area contributed by atoms with E-state index < -0.39 is 11.7 Å². The highest BCUT2D eigenvalue weighted by molar-refractivity contribution is 5.85. The van der Waals surface area contributed by atoms with Crippen LogP contribution in [0.3, 0.4) is 0 Å². The van der Waals surface area contributed by atoms with Crippen LogP contribution in [0.2, 0.25) is 0 Å². The highest BCUT2D eigenvalue weighted by Crippen LogP contribution is 2.13. The minimum absolute atomic E-state index is 0.484. The Morgan fingerprint density at radius 3 is 2.64 bits per heavy atom. The van der Waals surface area contributed by atoms with Gasteiger partial charge in [0, 0.05) is 17.4 Å². The molecule has 2 aromatic rings. The van der Waals surface area contributed by atoms with Crippen LogP contribution < -0.4 is 5.32 Å². The van der Waals surface area contributed by atoms with E-state index in [0.29, 0.717) is 11.4 Å². The fourth-order valence-corrected chi connectivity index (χ4v) is 1.67. The second kappa shape index (κ2) is 6.77. The molecule has 0 unspecified atom stereocenters. The van der Waals surface area contributed by atoms with Crippen LogP contribution in [0.4, 0.5) is 10.5 Å². The number of nitrogens with zero attached hydrogens (tertiary/aromatic N) is 1. The van der Waals surface area contributed by atoms with Crippen molar-refractivity contribution in [2.24, 2.45) is 0 Å². The number of anilines is 1. The van der Waals surface area contributed by atoms with E-state index >= 15 is 0 Å². The maximum Gasteiger partial charge on any atom is 0.412 e. The minimum Gasteiger partial charge on any atom is -0.444 e. The summed E-state index contributed by atoms with van der Waals surface area (Å²) in [4.78, 5) is 15.9. The van der Waals surface area contributed by atoms with Crippen molar-refractivity contribution in [3.8, 4) is 11.8 Å². The van der Waals surface area contributed by atoms with E-state index in [1.165, 1.54) is 0 Å². The van der Waals surface area contributed by atoms with Crippen LogP contribution in [0.1, 0.15) is 32.0 Å². The highest BCUT2D eigenvalue weighted by Gasteiger charge is 2.16. The van der Waals surface area contributed by atoms with Gasteiger partial charge in [-0.25, -0.2) is 9.78 Å². The molecule has 0 atom stereocenters. The third kappa shape index (κ3) is 5.29. The summed E-state index contributed by atoms with van der Waals surface area (Å²) in [5.41, 5.74) is 1.61. The SMILES string of the molecule is CC(C)(C)OC(=O)Nc1cccc(C#Cc2ccccn2)c1. The molecular formula is C18H18N2O2. The summed E-state index contributed by atoms with van der Waals surface area (Å²) >= 11 is 0. The molecule has 0 bridgehead atoms. The van der Waals surface area contributed by atoms with E-state index in [0.717, 1.165) is 5.56 Å². The highest BCUT2D eigenvalue weighted by atomic mass is 16.6. The van der Waals surface area contributed by atoms with E-state index in [1.807, 2.05) is 51.1 Å². The molecule has 22 heavy (non-hydrogen) atoms. The normalized spacial score (nSPS) is 10.3. The first-order valence-corrected chi connectivity index (χ1v) is 6.95. The van der Waals surface area contributed by atoms with E-state index in [2.05, 4.69) is 22.1 Å². The van der Waals surface area contributed by atoms with Gasteiger partial charge in [-0.2, -0.15) is 0 Å². The molecule has 0 aliphatic rings. The molecule has 1 aromatic heterocycles. The molecule has 1 aromatic carbocycles. The lowest BCUT2D eigenvalue weighted by Crippen LogP contribution is -2.27. The van der Waals surface area contributed by atoms with E-state index in [1.54, 1.807) is 18.3 Å². The zero-order chi connectivity index (χ0) is 16.0. The Morgan fingerprint density at radius 1 is 1.14 bits per heavy atom. The van der Waals surface area contributed by atoms with Crippen LogP contribution in [0.15, 0.2) is 48.7 Å². The third-order valence-electron chi connectivity index (χ3n) is 2.51. The number of amides is 1. The summed E-state index contributed by atoms with van der Waals surface area (Å²) in [5, 5.41) is 2.69. The zero-order valence-electron chi connectivity index (χ0n) is 12.9. The predicted octanol–water partition coefficient (Wildman–Crippen LogP) is 3.83. The van der Waals surface area contributed by atoms with Crippen molar-refractivity contribution >= 4 is 11.8 Å². The number of hydrogen-bond donors (Lipinski definition) is 1. The molecule has 4 nitrogen and oxygen atoms in total. The quantitative estimate of drug-likeness (QED) is 0.813. The first-order valence-electron chi connectivity index (χ1n) is 6.95. The number of carbonyl (C=O) groups is 1. The fraction of sp³-hybridized carbons (Fsp3) is 0.222. The third-order valence-corrected chi connectivity index (χ3v) is 2.51. The number of benzene rings is 1. The first-order chi connectivity index (χ1) is 10.4. The smallest absolute Gasteiger partial charge is 0.412 e. The van der Waals surface area contributed by atoms with Crippen molar-refractivity contribution in [1.82, 2.24) is 4.98 Å². The van der Waals surface area contributed by atoms with Crippen molar-refractivity contribution in [2.75, 3.05) is 5.32 Å². The topological polar surface area (TPSA) is 51.2 Å². The lowest BCUT2D eigenvalue weighted by molar-refractivity contribution is 0.0636. The molecule has 0 aliphatic carbocycles. The van der Waals surface area contributed by atoms with Gasteiger partial charge in [-0.3, -0.25) is 5.32 Å². The Balaban J connectivity index is 2.08. The molecule has 4 heteroatoms. The predicted molar refractivity (Wildman–Crippen MR) is 86.5 cm³/mol. The van der Waals surface area contributed by atoms with E-state index in [-0.39, 0.29) is 0 Å². The van der Waals surface area contributed by atoms with Crippen LogP contribution >= 0.6 is 0 Å². The maximum absolute atomic E-state index is 11.7. The van der Waals surface area contributed by atoms with Crippen LogP contribution in [-0.4, -0.2) is 16.7 Å². The average Bonchev–Trinajstić information content (AvgIpc) is 2.44. The number of ether oxygens (including phenoxy) is 1. The molecule has 2 rings (SSSR count). The zero-order valence-corrected chi connectivity index (χ0v) is 12.9. The van der Waals surface area contributed by atoms with Gasteiger partial charge in [0.15, 0.2) is 0 Å². The lowest BCUT2D eigenvalue weighted by Gasteiger charge is -2.19. The molecular weight excluding hydrogens is 276 g/mol.